The Morgan fingerprint density at radius 2 is 1.81 bits per heavy atom. The van der Waals surface area contributed by atoms with E-state index < -0.39 is 0 Å². The lowest BCUT2D eigenvalue weighted by atomic mass is 9.81. The van der Waals surface area contributed by atoms with E-state index in [2.05, 4.69) is 72.4 Å². The minimum atomic E-state index is 0.0364. The average Bonchev–Trinajstić information content (AvgIpc) is 2.77. The Morgan fingerprint density at radius 1 is 1.24 bits per heavy atom. The largest absolute Gasteiger partial charge is 0.326 e. The zero-order valence-electron chi connectivity index (χ0n) is 14.4. The van der Waals surface area contributed by atoms with Crippen LogP contribution in [0.5, 0.6) is 0 Å². The molecular formula is C16H31BrN4. The highest BCUT2D eigenvalue weighted by Crippen LogP contribution is 2.30. The summed E-state index contributed by atoms with van der Waals surface area (Å²) in [7, 11) is 4.27. The maximum absolute atomic E-state index is 6.65. The molecule has 1 unspecified atom stereocenters. The van der Waals surface area contributed by atoms with Gasteiger partial charge < -0.3 is 10.6 Å². The highest BCUT2D eigenvalue weighted by atomic mass is 79.9. The Labute approximate surface area is 138 Å². The highest BCUT2D eigenvalue weighted by Gasteiger charge is 2.36. The Kier molecular flexibility index (Phi) is 6.88. The zero-order valence-corrected chi connectivity index (χ0v) is 16.0. The maximum atomic E-state index is 6.65. The minimum absolute atomic E-state index is 0.0364. The van der Waals surface area contributed by atoms with Crippen LogP contribution >= 0.6 is 15.9 Å². The normalized spacial score (nSPS) is 14.0. The number of nitrogens with two attached hydrogens (primary N) is 1. The van der Waals surface area contributed by atoms with Crippen molar-refractivity contribution in [3.05, 3.63) is 15.9 Å². The maximum Gasteiger partial charge on any atom is 0.0766 e. The second kappa shape index (κ2) is 7.75. The van der Waals surface area contributed by atoms with Crippen LogP contribution in [0.2, 0.25) is 0 Å². The van der Waals surface area contributed by atoms with Crippen LogP contribution in [0.4, 0.5) is 0 Å². The summed E-state index contributed by atoms with van der Waals surface area (Å²) in [6, 6.07) is 0.0884. The van der Waals surface area contributed by atoms with Gasteiger partial charge in [0.2, 0.25) is 0 Å². The number of hydrogen-bond acceptors (Lipinski definition) is 3. The molecule has 0 saturated heterocycles. The molecule has 0 fully saturated rings. The summed E-state index contributed by atoms with van der Waals surface area (Å²) < 4.78 is 3.23. The number of rotatable bonds is 8. The first-order valence-corrected chi connectivity index (χ1v) is 8.84. The van der Waals surface area contributed by atoms with E-state index in [1.807, 2.05) is 0 Å². The monoisotopic (exact) mass is 358 g/mol. The fourth-order valence-corrected chi connectivity index (χ4v) is 4.08. The number of aryl methyl sites for hydroxylation is 2. The van der Waals surface area contributed by atoms with Gasteiger partial charge in [-0.15, -0.1) is 0 Å². The van der Waals surface area contributed by atoms with Gasteiger partial charge in [0.1, 0.15) is 0 Å². The van der Waals surface area contributed by atoms with Gasteiger partial charge in [0.25, 0.3) is 0 Å². The Bertz CT molecular complexity index is 449. The van der Waals surface area contributed by atoms with Gasteiger partial charge in [-0.25, -0.2) is 0 Å². The van der Waals surface area contributed by atoms with Gasteiger partial charge in [0.05, 0.1) is 15.9 Å². The molecule has 0 aliphatic carbocycles. The van der Waals surface area contributed by atoms with Crippen molar-refractivity contribution in [3.63, 3.8) is 0 Å². The third kappa shape index (κ3) is 3.51. The lowest BCUT2D eigenvalue weighted by molar-refractivity contribution is 0.104. The molecule has 1 aromatic rings. The SMILES string of the molecule is CCc1nn(CC)c(CC(N)C(CC)(CC)N(C)C)c1Br. The molecule has 0 aliphatic rings. The second-order valence-corrected chi connectivity index (χ2v) is 6.69. The van der Waals surface area contributed by atoms with Crippen LogP contribution in [0, 0.1) is 0 Å². The van der Waals surface area contributed by atoms with Crippen molar-refractivity contribution in [1.82, 2.24) is 14.7 Å². The van der Waals surface area contributed by atoms with Gasteiger partial charge in [-0.05, 0) is 56.2 Å². The summed E-state index contributed by atoms with van der Waals surface area (Å²) in [5.74, 6) is 0. The first-order valence-electron chi connectivity index (χ1n) is 8.04. The molecule has 2 N–H and O–H groups in total. The molecule has 122 valence electrons. The highest BCUT2D eigenvalue weighted by molar-refractivity contribution is 9.10. The summed E-state index contributed by atoms with van der Waals surface area (Å²) >= 11 is 3.73. The van der Waals surface area contributed by atoms with Gasteiger partial charge >= 0.3 is 0 Å². The van der Waals surface area contributed by atoms with Crippen molar-refractivity contribution in [3.8, 4) is 0 Å². The summed E-state index contributed by atoms with van der Waals surface area (Å²) in [6.45, 7) is 9.61. The topological polar surface area (TPSA) is 47.1 Å². The molecule has 4 nitrogen and oxygen atoms in total. The molecule has 5 heteroatoms. The lowest BCUT2D eigenvalue weighted by Gasteiger charge is -2.43. The minimum Gasteiger partial charge on any atom is -0.326 e. The van der Waals surface area contributed by atoms with Crippen LogP contribution in [0.1, 0.15) is 51.9 Å². The van der Waals surface area contributed by atoms with Crippen molar-refractivity contribution in [2.45, 2.75) is 71.5 Å². The summed E-state index contributed by atoms with van der Waals surface area (Å²) in [4.78, 5) is 2.29. The molecule has 0 spiro atoms. The lowest BCUT2D eigenvalue weighted by Crippen LogP contribution is -2.57. The Hall–Kier alpha value is -0.390. The Morgan fingerprint density at radius 3 is 2.19 bits per heavy atom. The van der Waals surface area contributed by atoms with Crippen molar-refractivity contribution >= 4 is 15.9 Å². The van der Waals surface area contributed by atoms with Crippen LogP contribution in [0.25, 0.3) is 0 Å². The molecular weight excluding hydrogens is 328 g/mol. The van der Waals surface area contributed by atoms with Crippen LogP contribution in [0.3, 0.4) is 0 Å². The smallest absolute Gasteiger partial charge is 0.0766 e. The quantitative estimate of drug-likeness (QED) is 0.775. The van der Waals surface area contributed by atoms with E-state index in [-0.39, 0.29) is 11.6 Å². The number of hydrogen-bond donors (Lipinski definition) is 1. The van der Waals surface area contributed by atoms with Crippen LogP contribution in [-0.4, -0.2) is 40.4 Å². The number of aromatic nitrogens is 2. The van der Waals surface area contributed by atoms with Crippen LogP contribution < -0.4 is 5.73 Å². The number of likely N-dealkylation sites (N-methyl/N-ethyl adjacent to an activating group) is 1. The molecule has 1 atom stereocenters. The first-order chi connectivity index (χ1) is 9.87. The first kappa shape index (κ1) is 18.7. The van der Waals surface area contributed by atoms with E-state index in [0.29, 0.717) is 0 Å². The molecule has 0 aliphatic heterocycles. The van der Waals surface area contributed by atoms with Gasteiger partial charge in [-0.1, -0.05) is 20.8 Å². The standard InChI is InChI=1S/C16H31BrN4/c1-7-12-15(17)13(21(10-4)19-12)11-14(18)16(8-2,9-3)20(5)6/h14H,7-11,18H2,1-6H3. The van der Waals surface area contributed by atoms with E-state index in [9.17, 15) is 0 Å². The fraction of sp³-hybridized carbons (Fsp3) is 0.812. The number of halogens is 1. The predicted molar refractivity (Wildman–Crippen MR) is 93.7 cm³/mol. The van der Waals surface area contributed by atoms with E-state index in [1.54, 1.807) is 0 Å². The average molecular weight is 359 g/mol. The van der Waals surface area contributed by atoms with Crippen molar-refractivity contribution in [2.24, 2.45) is 5.73 Å². The third-order valence-corrected chi connectivity index (χ3v) is 5.83. The van der Waals surface area contributed by atoms with Crippen molar-refractivity contribution < 1.29 is 0 Å². The Balaban J connectivity index is 3.12. The second-order valence-electron chi connectivity index (χ2n) is 5.89. The van der Waals surface area contributed by atoms with Gasteiger partial charge in [0, 0.05) is 24.5 Å². The van der Waals surface area contributed by atoms with Crippen LogP contribution in [-0.2, 0) is 19.4 Å². The predicted octanol–water partition coefficient (Wildman–Crippen LogP) is 3.22. The van der Waals surface area contributed by atoms with E-state index in [4.69, 9.17) is 5.73 Å². The summed E-state index contributed by atoms with van der Waals surface area (Å²) in [5.41, 5.74) is 9.04. The summed E-state index contributed by atoms with van der Waals surface area (Å²) in [5, 5.41) is 4.68. The molecule has 1 aromatic heterocycles. The van der Waals surface area contributed by atoms with Gasteiger partial charge in [0.15, 0.2) is 0 Å². The van der Waals surface area contributed by atoms with E-state index in [1.165, 1.54) is 5.69 Å². The third-order valence-electron chi connectivity index (χ3n) is 4.91. The zero-order chi connectivity index (χ0) is 16.2. The number of nitrogens with zero attached hydrogens (tertiary/aromatic N) is 3. The molecule has 1 heterocycles. The molecule has 21 heavy (non-hydrogen) atoms. The molecule has 1 rings (SSSR count). The molecule has 0 bridgehead atoms. The van der Waals surface area contributed by atoms with Gasteiger partial charge in [-0.2, -0.15) is 5.10 Å². The van der Waals surface area contributed by atoms with E-state index >= 15 is 0 Å². The van der Waals surface area contributed by atoms with Crippen molar-refractivity contribution in [2.75, 3.05) is 14.1 Å². The van der Waals surface area contributed by atoms with Crippen molar-refractivity contribution in [1.29, 1.82) is 0 Å². The molecule has 0 aromatic carbocycles. The van der Waals surface area contributed by atoms with Gasteiger partial charge in [-0.3, -0.25) is 4.68 Å². The van der Waals surface area contributed by atoms with Crippen LogP contribution in [0.15, 0.2) is 4.47 Å². The summed E-state index contributed by atoms with van der Waals surface area (Å²) in [6.07, 6.45) is 3.89. The molecule has 0 radical (unpaired) electrons. The van der Waals surface area contributed by atoms with E-state index in [0.717, 1.165) is 42.4 Å². The fourth-order valence-electron chi connectivity index (χ4n) is 3.35. The molecule has 0 saturated carbocycles. The molecule has 0 amide bonds.